The molecule has 0 aromatic carbocycles. The van der Waals surface area contributed by atoms with Crippen molar-refractivity contribution >= 4 is 0 Å². The highest BCUT2D eigenvalue weighted by molar-refractivity contribution is 4.89. The van der Waals surface area contributed by atoms with Crippen molar-refractivity contribution in [1.82, 2.24) is 5.32 Å². The number of nitrogens with one attached hydrogen (secondary N) is 1. The van der Waals surface area contributed by atoms with E-state index in [2.05, 4.69) is 12.2 Å². The molecule has 1 aliphatic carbocycles. The van der Waals surface area contributed by atoms with Crippen molar-refractivity contribution in [1.29, 1.82) is 0 Å². The molecule has 2 atom stereocenters. The van der Waals surface area contributed by atoms with Crippen LogP contribution in [0.2, 0.25) is 0 Å². The molecule has 0 aromatic heterocycles. The van der Waals surface area contributed by atoms with E-state index >= 15 is 0 Å². The van der Waals surface area contributed by atoms with Crippen LogP contribution in [0.4, 0.5) is 0 Å². The minimum absolute atomic E-state index is 0.292. The third-order valence-corrected chi connectivity index (χ3v) is 4.11. The predicted molar refractivity (Wildman–Crippen MR) is 61.8 cm³/mol. The molecule has 2 fully saturated rings. The van der Waals surface area contributed by atoms with Crippen LogP contribution in [0.1, 0.15) is 39.0 Å². The molecule has 0 bridgehead atoms. The third kappa shape index (κ3) is 2.92. The van der Waals surface area contributed by atoms with Gasteiger partial charge in [0, 0.05) is 24.8 Å². The van der Waals surface area contributed by atoms with Crippen LogP contribution in [-0.2, 0) is 4.74 Å². The highest BCUT2D eigenvalue weighted by atomic mass is 16.5. The molecule has 1 saturated heterocycles. The normalized spacial score (nSPS) is 35.6. The lowest BCUT2D eigenvalue weighted by Crippen LogP contribution is -2.49. The van der Waals surface area contributed by atoms with E-state index in [1.165, 1.54) is 19.3 Å². The molecule has 3 heteroatoms. The van der Waals surface area contributed by atoms with Gasteiger partial charge in [-0.15, -0.1) is 0 Å². The average Bonchev–Trinajstić information content (AvgIpc) is 2.62. The summed E-state index contributed by atoms with van der Waals surface area (Å²) >= 11 is 0. The van der Waals surface area contributed by atoms with Crippen molar-refractivity contribution in [2.75, 3.05) is 19.8 Å². The quantitative estimate of drug-likeness (QED) is 0.740. The van der Waals surface area contributed by atoms with E-state index in [9.17, 15) is 0 Å². The molecule has 15 heavy (non-hydrogen) atoms. The lowest BCUT2D eigenvalue weighted by Gasteiger charge is -2.36. The summed E-state index contributed by atoms with van der Waals surface area (Å²) in [6, 6.07) is 0.431. The highest BCUT2D eigenvalue weighted by Gasteiger charge is 2.30. The van der Waals surface area contributed by atoms with Crippen molar-refractivity contribution in [3.05, 3.63) is 0 Å². The molecule has 3 N–H and O–H groups in total. The van der Waals surface area contributed by atoms with Gasteiger partial charge in [-0.2, -0.15) is 0 Å². The van der Waals surface area contributed by atoms with Gasteiger partial charge in [-0.3, -0.25) is 0 Å². The van der Waals surface area contributed by atoms with Gasteiger partial charge < -0.3 is 15.8 Å². The zero-order valence-electron chi connectivity index (χ0n) is 9.80. The molecule has 0 amide bonds. The van der Waals surface area contributed by atoms with Gasteiger partial charge in [-0.25, -0.2) is 0 Å². The van der Waals surface area contributed by atoms with Gasteiger partial charge in [0.1, 0.15) is 0 Å². The molecule has 2 unspecified atom stereocenters. The maximum atomic E-state index is 6.07. The van der Waals surface area contributed by atoms with Crippen molar-refractivity contribution in [2.24, 2.45) is 11.7 Å². The van der Waals surface area contributed by atoms with E-state index in [4.69, 9.17) is 10.5 Å². The lowest BCUT2D eigenvalue weighted by atomic mass is 9.91. The van der Waals surface area contributed by atoms with Crippen LogP contribution < -0.4 is 11.1 Å². The molecule has 1 aliphatic heterocycles. The second-order valence-electron chi connectivity index (χ2n) is 5.41. The minimum atomic E-state index is 0.292. The van der Waals surface area contributed by atoms with Gasteiger partial charge in [-0.05, 0) is 45.1 Å². The molecular weight excluding hydrogens is 188 g/mol. The number of hydrogen-bond acceptors (Lipinski definition) is 3. The summed E-state index contributed by atoms with van der Waals surface area (Å²) in [7, 11) is 0. The molecule has 3 nitrogen and oxygen atoms in total. The summed E-state index contributed by atoms with van der Waals surface area (Å²) in [5.74, 6) is 0.699. The van der Waals surface area contributed by atoms with Crippen molar-refractivity contribution in [3.8, 4) is 0 Å². The molecule has 1 heterocycles. The topological polar surface area (TPSA) is 47.3 Å². The third-order valence-electron chi connectivity index (χ3n) is 4.11. The molecule has 2 aliphatic rings. The molecule has 0 spiro atoms. The Morgan fingerprint density at radius 1 is 1.33 bits per heavy atom. The number of nitrogens with two attached hydrogens (primary N) is 1. The van der Waals surface area contributed by atoms with Gasteiger partial charge in [0.25, 0.3) is 0 Å². The Bertz CT molecular complexity index is 202. The van der Waals surface area contributed by atoms with E-state index in [1.54, 1.807) is 0 Å². The van der Waals surface area contributed by atoms with Crippen LogP contribution in [0.15, 0.2) is 0 Å². The Morgan fingerprint density at radius 2 is 2.07 bits per heavy atom. The van der Waals surface area contributed by atoms with Crippen LogP contribution in [0.5, 0.6) is 0 Å². The van der Waals surface area contributed by atoms with Crippen molar-refractivity contribution in [2.45, 2.75) is 50.6 Å². The number of ether oxygens (including phenoxy) is 1. The Balaban J connectivity index is 1.76. The minimum Gasteiger partial charge on any atom is -0.381 e. The smallest absolute Gasteiger partial charge is 0.0483 e. The monoisotopic (exact) mass is 212 g/mol. The maximum Gasteiger partial charge on any atom is 0.0483 e. The second kappa shape index (κ2) is 4.81. The summed E-state index contributed by atoms with van der Waals surface area (Å²) in [4.78, 5) is 0. The maximum absolute atomic E-state index is 6.07. The Morgan fingerprint density at radius 3 is 2.67 bits per heavy atom. The lowest BCUT2D eigenvalue weighted by molar-refractivity contribution is 0.0436. The van der Waals surface area contributed by atoms with Gasteiger partial charge in [0.05, 0.1) is 0 Å². The number of hydrogen-bond donors (Lipinski definition) is 2. The van der Waals surface area contributed by atoms with Crippen molar-refractivity contribution < 1.29 is 4.74 Å². The van der Waals surface area contributed by atoms with Crippen LogP contribution in [-0.4, -0.2) is 31.3 Å². The van der Waals surface area contributed by atoms with E-state index in [-0.39, 0.29) is 0 Å². The van der Waals surface area contributed by atoms with E-state index < -0.39 is 0 Å². The van der Waals surface area contributed by atoms with Gasteiger partial charge in [0.15, 0.2) is 0 Å². The van der Waals surface area contributed by atoms with Crippen molar-refractivity contribution in [3.63, 3.8) is 0 Å². The first-order valence-electron chi connectivity index (χ1n) is 6.28. The molecule has 88 valence electrons. The highest BCUT2D eigenvalue weighted by Crippen LogP contribution is 2.25. The largest absolute Gasteiger partial charge is 0.381 e. The SMILES string of the molecule is CC1(NCC2CCCC2N)CCOCC1. The van der Waals surface area contributed by atoms with Crippen LogP contribution in [0.25, 0.3) is 0 Å². The summed E-state index contributed by atoms with van der Waals surface area (Å²) in [6.45, 7) is 5.22. The van der Waals surface area contributed by atoms with Crippen LogP contribution >= 0.6 is 0 Å². The molecule has 0 aromatic rings. The second-order valence-corrected chi connectivity index (χ2v) is 5.41. The van der Waals surface area contributed by atoms with Gasteiger partial charge in [0.2, 0.25) is 0 Å². The van der Waals surface area contributed by atoms with E-state index in [0.29, 0.717) is 17.5 Å². The van der Waals surface area contributed by atoms with Crippen LogP contribution in [0.3, 0.4) is 0 Å². The summed E-state index contributed by atoms with van der Waals surface area (Å²) in [5.41, 5.74) is 6.37. The summed E-state index contributed by atoms with van der Waals surface area (Å²) in [6.07, 6.45) is 6.10. The summed E-state index contributed by atoms with van der Waals surface area (Å²) in [5, 5.41) is 3.71. The molecule has 0 radical (unpaired) electrons. The predicted octanol–water partition coefficient (Wildman–Crippen LogP) is 1.27. The Kier molecular flexibility index (Phi) is 3.65. The first kappa shape index (κ1) is 11.4. The summed E-state index contributed by atoms with van der Waals surface area (Å²) < 4.78 is 5.39. The Hall–Kier alpha value is -0.120. The van der Waals surface area contributed by atoms with E-state index in [0.717, 1.165) is 32.6 Å². The Labute approximate surface area is 92.7 Å². The molecular formula is C12H24N2O. The standard InChI is InChI=1S/C12H24N2O/c1-12(5-7-15-8-6-12)14-9-10-3-2-4-11(10)13/h10-11,14H,2-9,13H2,1H3. The first-order chi connectivity index (χ1) is 7.20. The fourth-order valence-corrected chi connectivity index (χ4v) is 2.70. The average molecular weight is 212 g/mol. The zero-order chi connectivity index (χ0) is 10.7. The van der Waals surface area contributed by atoms with Gasteiger partial charge >= 0.3 is 0 Å². The number of rotatable bonds is 3. The van der Waals surface area contributed by atoms with Crippen LogP contribution in [0, 0.1) is 5.92 Å². The fourth-order valence-electron chi connectivity index (χ4n) is 2.70. The zero-order valence-corrected chi connectivity index (χ0v) is 9.80. The molecule has 1 saturated carbocycles. The first-order valence-corrected chi connectivity index (χ1v) is 6.28. The fraction of sp³-hybridized carbons (Fsp3) is 1.00. The van der Waals surface area contributed by atoms with E-state index in [1.807, 2.05) is 0 Å². The molecule has 2 rings (SSSR count). The van der Waals surface area contributed by atoms with Gasteiger partial charge in [-0.1, -0.05) is 6.42 Å².